The van der Waals surface area contributed by atoms with Crippen LogP contribution in [-0.4, -0.2) is 59.3 Å². The maximum Gasteiger partial charge on any atom is 0.337 e. The molecule has 7 nitrogen and oxygen atoms in total. The Hall–Kier alpha value is -2.83. The van der Waals surface area contributed by atoms with Crippen molar-refractivity contribution in [2.45, 2.75) is 39.7 Å². The van der Waals surface area contributed by atoms with Crippen molar-refractivity contribution in [3.63, 3.8) is 0 Å². The molecule has 0 bridgehead atoms. The number of H-pyrrole nitrogens is 1. The van der Waals surface area contributed by atoms with Gasteiger partial charge in [0.15, 0.2) is 0 Å². The predicted octanol–water partition coefficient (Wildman–Crippen LogP) is 2.73. The average Bonchev–Trinajstić information content (AvgIpc) is 3.14. The first-order chi connectivity index (χ1) is 14.4. The van der Waals surface area contributed by atoms with Gasteiger partial charge in [-0.15, -0.1) is 0 Å². The third-order valence-corrected chi connectivity index (χ3v) is 6.28. The molecular formula is C23H29N3O4. The highest BCUT2D eigenvalue weighted by Gasteiger charge is 2.33. The Morgan fingerprint density at radius 3 is 2.70 bits per heavy atom. The van der Waals surface area contributed by atoms with Crippen LogP contribution in [0.4, 0.5) is 0 Å². The molecule has 1 atom stereocenters. The molecule has 1 aromatic carbocycles. The second kappa shape index (κ2) is 8.13. The summed E-state index contributed by atoms with van der Waals surface area (Å²) in [4.78, 5) is 44.8. The lowest BCUT2D eigenvalue weighted by atomic mass is 9.94. The number of methoxy groups -OCH3 is 1. The first kappa shape index (κ1) is 20.4. The van der Waals surface area contributed by atoms with E-state index in [2.05, 4.69) is 4.98 Å². The fourth-order valence-electron chi connectivity index (χ4n) is 4.65. The first-order valence-electron chi connectivity index (χ1n) is 10.7. The Bertz CT molecular complexity index is 994. The number of aromatic amines is 1. The van der Waals surface area contributed by atoms with E-state index in [1.165, 1.54) is 7.11 Å². The van der Waals surface area contributed by atoms with Gasteiger partial charge in [0, 0.05) is 60.7 Å². The van der Waals surface area contributed by atoms with Crippen LogP contribution in [-0.2, 0) is 27.3 Å². The number of piperidine rings is 1. The molecular weight excluding hydrogens is 382 g/mol. The summed E-state index contributed by atoms with van der Waals surface area (Å²) in [7, 11) is 1.37. The number of carbonyl (C=O) groups is 3. The number of amides is 2. The molecule has 0 radical (unpaired) electrons. The third kappa shape index (κ3) is 3.68. The fraction of sp³-hybridized carbons (Fsp3) is 0.522. The topological polar surface area (TPSA) is 82.7 Å². The summed E-state index contributed by atoms with van der Waals surface area (Å²) < 4.78 is 4.84. The van der Waals surface area contributed by atoms with E-state index in [0.29, 0.717) is 25.2 Å². The number of esters is 1. The molecule has 4 rings (SSSR count). The summed E-state index contributed by atoms with van der Waals surface area (Å²) in [6.07, 6.45) is 2.44. The van der Waals surface area contributed by atoms with Crippen LogP contribution in [0.25, 0.3) is 10.9 Å². The minimum atomic E-state index is -0.368. The number of ether oxygens (including phenoxy) is 1. The van der Waals surface area contributed by atoms with Gasteiger partial charge in [-0.05, 0) is 31.0 Å². The molecule has 7 heteroatoms. The Balaban J connectivity index is 1.54. The zero-order valence-electron chi connectivity index (χ0n) is 17.9. The van der Waals surface area contributed by atoms with Crippen molar-refractivity contribution in [2.24, 2.45) is 11.8 Å². The van der Waals surface area contributed by atoms with E-state index in [1.807, 2.05) is 35.8 Å². The molecule has 160 valence electrons. The summed E-state index contributed by atoms with van der Waals surface area (Å²) >= 11 is 0. The fourth-order valence-corrected chi connectivity index (χ4v) is 4.65. The van der Waals surface area contributed by atoms with Gasteiger partial charge in [-0.25, -0.2) is 4.79 Å². The van der Waals surface area contributed by atoms with E-state index in [-0.39, 0.29) is 29.6 Å². The van der Waals surface area contributed by atoms with Crippen molar-refractivity contribution in [1.82, 2.24) is 14.8 Å². The minimum Gasteiger partial charge on any atom is -0.465 e. The van der Waals surface area contributed by atoms with Crippen molar-refractivity contribution in [2.75, 3.05) is 26.7 Å². The van der Waals surface area contributed by atoms with Gasteiger partial charge in [0.05, 0.1) is 18.6 Å². The van der Waals surface area contributed by atoms with E-state index < -0.39 is 0 Å². The largest absolute Gasteiger partial charge is 0.465 e. The zero-order chi connectivity index (χ0) is 21.4. The number of nitrogens with zero attached hydrogens (tertiary/aromatic N) is 2. The summed E-state index contributed by atoms with van der Waals surface area (Å²) in [5.74, 6) is -0.307. The lowest BCUT2D eigenvalue weighted by Gasteiger charge is -2.37. The van der Waals surface area contributed by atoms with Crippen molar-refractivity contribution in [3.8, 4) is 0 Å². The highest BCUT2D eigenvalue weighted by atomic mass is 16.5. The molecule has 1 N–H and O–H groups in total. The van der Waals surface area contributed by atoms with Crippen LogP contribution in [0.3, 0.4) is 0 Å². The van der Waals surface area contributed by atoms with Crippen LogP contribution in [0, 0.1) is 11.8 Å². The quantitative estimate of drug-likeness (QED) is 0.788. The molecule has 2 amide bonds. The number of hydrogen-bond acceptors (Lipinski definition) is 4. The molecule has 2 aromatic rings. The van der Waals surface area contributed by atoms with Crippen LogP contribution in [0.15, 0.2) is 18.2 Å². The van der Waals surface area contributed by atoms with Gasteiger partial charge < -0.3 is 19.5 Å². The molecule has 1 saturated heterocycles. The molecule has 2 aliphatic heterocycles. The van der Waals surface area contributed by atoms with Gasteiger partial charge in [0.1, 0.15) is 0 Å². The monoisotopic (exact) mass is 411 g/mol. The zero-order valence-corrected chi connectivity index (χ0v) is 17.9. The maximum absolute atomic E-state index is 13.3. The molecule has 0 aliphatic carbocycles. The number of rotatable bonds is 3. The van der Waals surface area contributed by atoms with Crippen molar-refractivity contribution in [1.29, 1.82) is 0 Å². The SMILES string of the molecule is COC(=O)c1ccc2[nH]c3c(c2c1)CN(C(=O)[C@@H]1CCCN(C(=O)C(C)C)C1)CC3. The molecule has 0 spiro atoms. The number of hydrogen-bond donors (Lipinski definition) is 1. The van der Waals surface area contributed by atoms with Crippen molar-refractivity contribution < 1.29 is 19.1 Å². The number of nitrogens with one attached hydrogen (secondary N) is 1. The lowest BCUT2D eigenvalue weighted by Crippen LogP contribution is -2.48. The number of fused-ring (bicyclic) bond motifs is 3. The normalized spacial score (nSPS) is 19.1. The number of aromatic nitrogens is 1. The summed E-state index contributed by atoms with van der Waals surface area (Å²) in [6.45, 7) is 6.24. The highest BCUT2D eigenvalue weighted by Crippen LogP contribution is 2.30. The number of benzene rings is 1. The maximum atomic E-state index is 13.3. The van der Waals surface area contributed by atoms with Gasteiger partial charge in [-0.1, -0.05) is 13.8 Å². The summed E-state index contributed by atoms with van der Waals surface area (Å²) in [5, 5.41) is 0.964. The number of likely N-dealkylation sites (tertiary alicyclic amines) is 1. The molecule has 3 heterocycles. The lowest BCUT2D eigenvalue weighted by molar-refractivity contribution is -0.142. The third-order valence-electron chi connectivity index (χ3n) is 6.28. The second-order valence-corrected chi connectivity index (χ2v) is 8.62. The van der Waals surface area contributed by atoms with Crippen molar-refractivity contribution in [3.05, 3.63) is 35.0 Å². The Morgan fingerprint density at radius 2 is 1.97 bits per heavy atom. The van der Waals surface area contributed by atoms with E-state index >= 15 is 0 Å². The number of carbonyl (C=O) groups excluding carboxylic acids is 3. The standard InChI is InChI=1S/C23H29N3O4/c1-14(2)21(27)25-9-4-5-16(12-25)22(28)26-10-8-20-18(13-26)17-11-15(23(29)30-3)6-7-19(17)24-20/h6-7,11,14,16,24H,4-5,8-10,12-13H2,1-3H3/t16-/m1/s1. The smallest absolute Gasteiger partial charge is 0.337 e. The van der Waals surface area contributed by atoms with E-state index in [4.69, 9.17) is 4.74 Å². The molecule has 0 unspecified atom stereocenters. The van der Waals surface area contributed by atoms with E-state index in [9.17, 15) is 14.4 Å². The Kier molecular flexibility index (Phi) is 5.54. The Morgan fingerprint density at radius 1 is 1.17 bits per heavy atom. The van der Waals surface area contributed by atoms with Crippen LogP contribution >= 0.6 is 0 Å². The van der Waals surface area contributed by atoms with Gasteiger partial charge in [-0.2, -0.15) is 0 Å². The van der Waals surface area contributed by atoms with E-state index in [1.54, 1.807) is 6.07 Å². The van der Waals surface area contributed by atoms with Gasteiger partial charge >= 0.3 is 5.97 Å². The summed E-state index contributed by atoms with van der Waals surface area (Å²) in [5.41, 5.74) is 3.66. The highest BCUT2D eigenvalue weighted by molar-refractivity contribution is 5.96. The molecule has 0 saturated carbocycles. The summed E-state index contributed by atoms with van der Waals surface area (Å²) in [6, 6.07) is 5.48. The molecule has 1 fully saturated rings. The van der Waals surface area contributed by atoms with Crippen LogP contribution < -0.4 is 0 Å². The van der Waals surface area contributed by atoms with Gasteiger partial charge in [0.2, 0.25) is 11.8 Å². The van der Waals surface area contributed by atoms with Gasteiger partial charge in [-0.3, -0.25) is 9.59 Å². The first-order valence-corrected chi connectivity index (χ1v) is 10.7. The second-order valence-electron chi connectivity index (χ2n) is 8.62. The Labute approximate surface area is 176 Å². The minimum absolute atomic E-state index is 0.0494. The van der Waals surface area contributed by atoms with E-state index in [0.717, 1.165) is 48.0 Å². The van der Waals surface area contributed by atoms with Crippen molar-refractivity contribution >= 4 is 28.7 Å². The molecule has 2 aliphatic rings. The van der Waals surface area contributed by atoms with Crippen LogP contribution in [0.2, 0.25) is 0 Å². The molecule has 30 heavy (non-hydrogen) atoms. The molecule has 1 aromatic heterocycles. The average molecular weight is 412 g/mol. The predicted molar refractivity (Wildman–Crippen MR) is 113 cm³/mol. The van der Waals surface area contributed by atoms with Crippen LogP contribution in [0.1, 0.15) is 48.3 Å². The van der Waals surface area contributed by atoms with Crippen LogP contribution in [0.5, 0.6) is 0 Å². The van der Waals surface area contributed by atoms with Gasteiger partial charge in [0.25, 0.3) is 0 Å².